The van der Waals surface area contributed by atoms with E-state index in [1.165, 1.54) is 5.56 Å². The molecule has 2 aromatic heterocycles. The maximum Gasteiger partial charge on any atom is 0.120 e. The van der Waals surface area contributed by atoms with Crippen LogP contribution in [0.2, 0.25) is 0 Å². The van der Waals surface area contributed by atoms with Crippen molar-refractivity contribution in [2.45, 2.75) is 33.0 Å². The number of hydrogen-bond acceptors (Lipinski definition) is 3. The molecule has 0 aliphatic heterocycles. The molecule has 19 heavy (non-hydrogen) atoms. The topological polar surface area (TPSA) is 58.6 Å². The van der Waals surface area contributed by atoms with Gasteiger partial charge >= 0.3 is 0 Å². The van der Waals surface area contributed by atoms with E-state index in [1.54, 1.807) is 6.20 Å². The van der Waals surface area contributed by atoms with Crippen molar-refractivity contribution in [3.63, 3.8) is 0 Å². The number of hydrogen-bond donors (Lipinski definition) is 1. The van der Waals surface area contributed by atoms with E-state index in [9.17, 15) is 0 Å². The summed E-state index contributed by atoms with van der Waals surface area (Å²) in [6.07, 6.45) is 3.74. The Morgan fingerprint density at radius 3 is 2.89 bits per heavy atom. The van der Waals surface area contributed by atoms with E-state index in [1.807, 2.05) is 41.5 Å². The fraction of sp³-hybridized carbons (Fsp3) is 0.429. The molecule has 1 unspecified atom stereocenters. The third-order valence-corrected chi connectivity index (χ3v) is 3.42. The molecule has 0 aliphatic carbocycles. The van der Waals surface area contributed by atoms with Crippen molar-refractivity contribution in [2.24, 2.45) is 7.05 Å². The molecular formula is C14H19N5. The molecule has 0 aromatic carbocycles. The molecule has 0 amide bonds. The van der Waals surface area contributed by atoms with Crippen molar-refractivity contribution in [1.82, 2.24) is 19.7 Å². The molecule has 2 aromatic rings. The van der Waals surface area contributed by atoms with E-state index < -0.39 is 0 Å². The van der Waals surface area contributed by atoms with Crippen LogP contribution in [0.3, 0.4) is 0 Å². The normalized spacial score (nSPS) is 12.3. The first-order valence-corrected chi connectivity index (χ1v) is 6.38. The van der Waals surface area contributed by atoms with Crippen LogP contribution in [0.15, 0.2) is 24.5 Å². The molecule has 5 heteroatoms. The first-order chi connectivity index (χ1) is 9.11. The highest BCUT2D eigenvalue weighted by Crippen LogP contribution is 2.13. The predicted octanol–water partition coefficient (Wildman–Crippen LogP) is 1.58. The Kier molecular flexibility index (Phi) is 4.03. The Morgan fingerprint density at radius 2 is 2.32 bits per heavy atom. The van der Waals surface area contributed by atoms with Gasteiger partial charge in [-0.15, -0.1) is 0 Å². The summed E-state index contributed by atoms with van der Waals surface area (Å²) in [7, 11) is 1.92. The molecule has 0 aliphatic rings. The highest BCUT2D eigenvalue weighted by atomic mass is 15.3. The molecule has 0 radical (unpaired) electrons. The molecule has 1 atom stereocenters. The molecule has 0 saturated carbocycles. The summed E-state index contributed by atoms with van der Waals surface area (Å²) in [5.74, 6) is 0. The number of nitriles is 1. The minimum absolute atomic E-state index is 0.324. The quantitative estimate of drug-likeness (QED) is 0.884. The molecule has 5 nitrogen and oxygen atoms in total. The lowest BCUT2D eigenvalue weighted by atomic mass is 10.2. The molecule has 100 valence electrons. The van der Waals surface area contributed by atoms with E-state index in [2.05, 4.69) is 23.4 Å². The second kappa shape index (κ2) is 5.72. The van der Waals surface area contributed by atoms with Crippen LogP contribution in [-0.4, -0.2) is 20.4 Å². The molecule has 2 rings (SSSR count). The third kappa shape index (κ3) is 3.04. The first-order valence-electron chi connectivity index (χ1n) is 6.38. The van der Waals surface area contributed by atoms with Gasteiger partial charge in [0, 0.05) is 37.7 Å². The lowest BCUT2D eigenvalue weighted by Crippen LogP contribution is -2.30. The Morgan fingerprint density at radius 1 is 1.53 bits per heavy atom. The second-order valence-corrected chi connectivity index (χ2v) is 4.82. The Labute approximate surface area is 113 Å². The number of rotatable bonds is 5. The Hall–Kier alpha value is -2.06. The van der Waals surface area contributed by atoms with Crippen molar-refractivity contribution in [1.29, 1.82) is 5.26 Å². The van der Waals surface area contributed by atoms with E-state index in [0.717, 1.165) is 18.8 Å². The van der Waals surface area contributed by atoms with Gasteiger partial charge in [-0.1, -0.05) is 0 Å². The van der Waals surface area contributed by atoms with Crippen LogP contribution in [0.5, 0.6) is 0 Å². The lowest BCUT2D eigenvalue weighted by Gasteiger charge is -2.13. The van der Waals surface area contributed by atoms with Crippen molar-refractivity contribution < 1.29 is 0 Å². The number of nitrogens with zero attached hydrogens (tertiary/aromatic N) is 4. The number of nitrogens with one attached hydrogen (secondary N) is 1. The largest absolute Gasteiger partial charge is 0.340 e. The summed E-state index contributed by atoms with van der Waals surface area (Å²) in [5.41, 5.74) is 3.01. The van der Waals surface area contributed by atoms with Gasteiger partial charge in [0.05, 0.1) is 6.54 Å². The number of aromatic nitrogens is 3. The van der Waals surface area contributed by atoms with Crippen LogP contribution in [0.4, 0.5) is 0 Å². The molecule has 0 saturated heterocycles. The van der Waals surface area contributed by atoms with Crippen molar-refractivity contribution in [3.05, 3.63) is 41.5 Å². The average Bonchev–Trinajstić information content (AvgIpc) is 2.98. The maximum absolute atomic E-state index is 9.00. The molecule has 0 fully saturated rings. The van der Waals surface area contributed by atoms with E-state index in [0.29, 0.717) is 11.7 Å². The Bertz CT molecular complexity index is 574. The SMILES string of the molecule is Cc1c(CNC(C)Cn2cccn2)cc(C#N)n1C. The van der Waals surface area contributed by atoms with E-state index in [-0.39, 0.29) is 0 Å². The first kappa shape index (κ1) is 13.4. The van der Waals surface area contributed by atoms with Gasteiger partial charge in [0.2, 0.25) is 0 Å². The summed E-state index contributed by atoms with van der Waals surface area (Å²) in [5, 5.41) is 16.7. The summed E-state index contributed by atoms with van der Waals surface area (Å²) >= 11 is 0. The maximum atomic E-state index is 9.00. The lowest BCUT2D eigenvalue weighted by molar-refractivity contribution is 0.450. The van der Waals surface area contributed by atoms with Crippen molar-refractivity contribution >= 4 is 0 Å². The summed E-state index contributed by atoms with van der Waals surface area (Å²) in [6, 6.07) is 6.40. The monoisotopic (exact) mass is 257 g/mol. The van der Waals surface area contributed by atoms with Crippen LogP contribution in [0.25, 0.3) is 0 Å². The van der Waals surface area contributed by atoms with Crippen molar-refractivity contribution in [2.75, 3.05) is 0 Å². The van der Waals surface area contributed by atoms with Crippen LogP contribution >= 0.6 is 0 Å². The summed E-state index contributed by atoms with van der Waals surface area (Å²) in [6.45, 7) is 5.77. The van der Waals surface area contributed by atoms with E-state index >= 15 is 0 Å². The highest BCUT2D eigenvalue weighted by molar-refractivity contribution is 5.34. The van der Waals surface area contributed by atoms with E-state index in [4.69, 9.17) is 5.26 Å². The molecule has 1 N–H and O–H groups in total. The smallest absolute Gasteiger partial charge is 0.120 e. The van der Waals surface area contributed by atoms with Crippen LogP contribution in [0.1, 0.15) is 23.9 Å². The summed E-state index contributed by atoms with van der Waals surface area (Å²) in [4.78, 5) is 0. The fourth-order valence-corrected chi connectivity index (χ4v) is 2.09. The van der Waals surface area contributed by atoms with Gasteiger partial charge in [0.25, 0.3) is 0 Å². The van der Waals surface area contributed by atoms with Gasteiger partial charge in [-0.2, -0.15) is 10.4 Å². The molecule has 0 spiro atoms. The third-order valence-electron chi connectivity index (χ3n) is 3.42. The van der Waals surface area contributed by atoms with Gasteiger partial charge in [-0.25, -0.2) is 0 Å². The van der Waals surface area contributed by atoms with Gasteiger partial charge < -0.3 is 9.88 Å². The van der Waals surface area contributed by atoms with Crippen LogP contribution in [-0.2, 0) is 20.1 Å². The Balaban J connectivity index is 1.94. The minimum atomic E-state index is 0.324. The van der Waals surface area contributed by atoms with Crippen LogP contribution < -0.4 is 5.32 Å². The van der Waals surface area contributed by atoms with Gasteiger partial charge in [-0.3, -0.25) is 4.68 Å². The predicted molar refractivity (Wildman–Crippen MR) is 73.4 cm³/mol. The van der Waals surface area contributed by atoms with Gasteiger partial charge in [0.1, 0.15) is 11.8 Å². The van der Waals surface area contributed by atoms with Crippen molar-refractivity contribution in [3.8, 4) is 6.07 Å². The fourth-order valence-electron chi connectivity index (χ4n) is 2.09. The zero-order valence-electron chi connectivity index (χ0n) is 11.6. The second-order valence-electron chi connectivity index (χ2n) is 4.82. The highest BCUT2D eigenvalue weighted by Gasteiger charge is 2.10. The standard InChI is InChI=1S/C14H19N5/c1-11(10-19-6-4-5-17-19)16-9-13-7-14(8-15)18(3)12(13)2/h4-7,11,16H,9-10H2,1-3H3. The van der Waals surface area contributed by atoms with Gasteiger partial charge in [0.15, 0.2) is 0 Å². The average molecular weight is 257 g/mol. The molecular weight excluding hydrogens is 238 g/mol. The minimum Gasteiger partial charge on any atom is -0.340 e. The van der Waals surface area contributed by atoms with Gasteiger partial charge in [-0.05, 0) is 31.5 Å². The molecule has 0 bridgehead atoms. The molecule has 2 heterocycles. The zero-order valence-corrected chi connectivity index (χ0v) is 11.6. The zero-order chi connectivity index (χ0) is 13.8. The van der Waals surface area contributed by atoms with Crippen LogP contribution in [0, 0.1) is 18.3 Å². The summed E-state index contributed by atoms with van der Waals surface area (Å²) < 4.78 is 3.84.